The second-order valence-corrected chi connectivity index (χ2v) is 7.88. The summed E-state index contributed by atoms with van der Waals surface area (Å²) in [6.07, 6.45) is 2.37. The molecule has 10 heteroatoms. The topological polar surface area (TPSA) is 86.1 Å². The number of hydrogen-bond acceptors (Lipinski definition) is 6. The first kappa shape index (κ1) is 16.4. The predicted octanol–water partition coefficient (Wildman–Crippen LogP) is 1.51. The molecule has 21 heavy (non-hydrogen) atoms. The second kappa shape index (κ2) is 7.32. The summed E-state index contributed by atoms with van der Waals surface area (Å²) < 4.78 is 34.0. The van der Waals surface area contributed by atoms with Crippen LogP contribution in [0.15, 0.2) is 22.7 Å². The first-order chi connectivity index (χ1) is 10.0. The van der Waals surface area contributed by atoms with Gasteiger partial charge in [0, 0.05) is 20.3 Å². The number of thiophene rings is 1. The minimum atomic E-state index is -3.58. The van der Waals surface area contributed by atoms with Crippen LogP contribution in [0.4, 0.5) is 0 Å². The van der Waals surface area contributed by atoms with Crippen LogP contribution in [0.1, 0.15) is 12.2 Å². The minimum Gasteiger partial charge on any atom is -0.385 e. The van der Waals surface area contributed by atoms with Crippen molar-refractivity contribution in [1.82, 2.24) is 19.5 Å². The zero-order valence-corrected chi connectivity index (χ0v) is 13.7. The molecule has 0 aliphatic rings. The number of aryl methyl sites for hydroxylation is 1. The quantitative estimate of drug-likeness (QED) is 0.729. The molecule has 2 heterocycles. The molecule has 0 radical (unpaired) electrons. The van der Waals surface area contributed by atoms with E-state index in [4.69, 9.17) is 16.3 Å². The van der Waals surface area contributed by atoms with Crippen LogP contribution in [-0.4, -0.2) is 36.9 Å². The molecule has 0 atom stereocenters. The molecular weight excluding hydrogens is 336 g/mol. The van der Waals surface area contributed by atoms with E-state index in [2.05, 4.69) is 14.9 Å². The Kier molecular flexibility index (Phi) is 5.71. The van der Waals surface area contributed by atoms with Crippen molar-refractivity contribution >= 4 is 33.0 Å². The van der Waals surface area contributed by atoms with E-state index in [-0.39, 0.29) is 10.8 Å². The molecule has 116 valence electrons. The average molecular weight is 351 g/mol. The van der Waals surface area contributed by atoms with Crippen molar-refractivity contribution < 1.29 is 13.2 Å². The van der Waals surface area contributed by atoms with Gasteiger partial charge in [-0.05, 0) is 18.6 Å². The molecule has 2 rings (SSSR count). The lowest BCUT2D eigenvalue weighted by Gasteiger charge is -2.07. The fraction of sp³-hybridized carbons (Fsp3) is 0.455. The number of ether oxygens (including phenoxy) is 1. The molecule has 0 aromatic carbocycles. The van der Waals surface area contributed by atoms with Gasteiger partial charge in [-0.25, -0.2) is 13.1 Å². The van der Waals surface area contributed by atoms with Gasteiger partial charge in [-0.1, -0.05) is 11.6 Å². The van der Waals surface area contributed by atoms with Crippen LogP contribution in [-0.2, 0) is 27.8 Å². The first-order valence-corrected chi connectivity index (χ1v) is 8.81. The predicted molar refractivity (Wildman–Crippen MR) is 79.9 cm³/mol. The van der Waals surface area contributed by atoms with Gasteiger partial charge < -0.3 is 9.30 Å². The Hall–Kier alpha value is -1.000. The molecule has 0 aliphatic heterocycles. The van der Waals surface area contributed by atoms with Crippen molar-refractivity contribution in [2.45, 2.75) is 23.7 Å². The average Bonchev–Trinajstić information content (AvgIpc) is 3.06. The number of methoxy groups -OCH3 is 1. The van der Waals surface area contributed by atoms with Gasteiger partial charge in [-0.3, -0.25) is 0 Å². The highest BCUT2D eigenvalue weighted by atomic mass is 35.5. The number of halogens is 1. The molecule has 0 unspecified atom stereocenters. The fourth-order valence-electron chi connectivity index (χ4n) is 1.65. The van der Waals surface area contributed by atoms with E-state index in [1.807, 2.05) is 0 Å². The Morgan fingerprint density at radius 1 is 1.48 bits per heavy atom. The lowest BCUT2D eigenvalue weighted by Crippen LogP contribution is -2.24. The van der Waals surface area contributed by atoms with Gasteiger partial charge in [0.2, 0.25) is 0 Å². The van der Waals surface area contributed by atoms with Crippen LogP contribution in [0.5, 0.6) is 0 Å². The molecule has 0 saturated carbocycles. The van der Waals surface area contributed by atoms with Crippen molar-refractivity contribution in [1.29, 1.82) is 0 Å². The van der Waals surface area contributed by atoms with Crippen LogP contribution in [0.3, 0.4) is 0 Å². The van der Waals surface area contributed by atoms with E-state index < -0.39 is 10.0 Å². The van der Waals surface area contributed by atoms with Crippen molar-refractivity contribution in [3.63, 3.8) is 0 Å². The van der Waals surface area contributed by atoms with Crippen molar-refractivity contribution in [3.8, 4) is 0 Å². The zero-order chi connectivity index (χ0) is 15.3. The van der Waals surface area contributed by atoms with Crippen molar-refractivity contribution in [3.05, 3.63) is 28.6 Å². The molecule has 1 N–H and O–H groups in total. The summed E-state index contributed by atoms with van der Waals surface area (Å²) in [5, 5.41) is 7.72. The van der Waals surface area contributed by atoms with Crippen molar-refractivity contribution in [2.75, 3.05) is 13.7 Å². The Morgan fingerprint density at radius 3 is 2.95 bits per heavy atom. The maximum atomic E-state index is 12.1. The summed E-state index contributed by atoms with van der Waals surface area (Å²) >= 11 is 6.76. The summed E-state index contributed by atoms with van der Waals surface area (Å²) in [5.41, 5.74) is 0. The zero-order valence-electron chi connectivity index (χ0n) is 11.3. The molecule has 7 nitrogen and oxygen atoms in total. The number of nitrogens with zero attached hydrogens (tertiary/aromatic N) is 3. The highest BCUT2D eigenvalue weighted by molar-refractivity contribution is 7.91. The van der Waals surface area contributed by atoms with Gasteiger partial charge in [-0.2, -0.15) is 0 Å². The molecule has 0 spiro atoms. The number of sulfonamides is 1. The maximum absolute atomic E-state index is 12.1. The molecule has 0 bridgehead atoms. The third kappa shape index (κ3) is 4.48. The second-order valence-electron chi connectivity index (χ2n) is 4.17. The van der Waals surface area contributed by atoms with Gasteiger partial charge >= 0.3 is 0 Å². The van der Waals surface area contributed by atoms with Gasteiger partial charge in [0.25, 0.3) is 10.0 Å². The van der Waals surface area contributed by atoms with E-state index in [1.54, 1.807) is 24.1 Å². The van der Waals surface area contributed by atoms with Crippen LogP contribution in [0.2, 0.25) is 4.34 Å². The van der Waals surface area contributed by atoms with E-state index in [1.165, 1.54) is 6.07 Å². The van der Waals surface area contributed by atoms with Crippen molar-refractivity contribution in [2.24, 2.45) is 0 Å². The SMILES string of the molecule is COCCCn1cnnc1CNS(=O)(=O)c1ccc(Cl)s1. The highest BCUT2D eigenvalue weighted by Gasteiger charge is 2.17. The molecule has 0 aliphatic carbocycles. The van der Waals surface area contributed by atoms with Crippen LogP contribution >= 0.6 is 22.9 Å². The Balaban J connectivity index is 1.98. The first-order valence-electron chi connectivity index (χ1n) is 6.13. The van der Waals surface area contributed by atoms with Gasteiger partial charge in [-0.15, -0.1) is 21.5 Å². The number of hydrogen-bond donors (Lipinski definition) is 1. The molecule has 0 amide bonds. The summed E-state index contributed by atoms with van der Waals surface area (Å²) in [4.78, 5) is 0. The van der Waals surface area contributed by atoms with Crippen LogP contribution in [0.25, 0.3) is 0 Å². The highest BCUT2D eigenvalue weighted by Crippen LogP contribution is 2.25. The van der Waals surface area contributed by atoms with Crippen LogP contribution < -0.4 is 4.72 Å². The normalized spacial score (nSPS) is 11.9. The number of nitrogens with one attached hydrogen (secondary N) is 1. The summed E-state index contributed by atoms with van der Waals surface area (Å²) in [6.45, 7) is 1.37. The smallest absolute Gasteiger partial charge is 0.250 e. The minimum absolute atomic E-state index is 0.0742. The summed E-state index contributed by atoms with van der Waals surface area (Å²) in [7, 11) is -1.95. The summed E-state index contributed by atoms with van der Waals surface area (Å²) in [6, 6.07) is 3.02. The molecular formula is C11H15ClN4O3S2. The van der Waals surface area contributed by atoms with E-state index in [9.17, 15) is 8.42 Å². The van der Waals surface area contributed by atoms with Gasteiger partial charge in [0.15, 0.2) is 0 Å². The van der Waals surface area contributed by atoms with E-state index in [0.29, 0.717) is 23.3 Å². The molecule has 2 aromatic rings. The lowest BCUT2D eigenvalue weighted by atomic mass is 10.4. The van der Waals surface area contributed by atoms with Gasteiger partial charge in [0.05, 0.1) is 10.9 Å². The Bertz CT molecular complexity index is 683. The third-order valence-electron chi connectivity index (χ3n) is 2.68. The third-order valence-corrected chi connectivity index (χ3v) is 5.80. The molecule has 2 aromatic heterocycles. The lowest BCUT2D eigenvalue weighted by molar-refractivity contribution is 0.190. The number of aromatic nitrogens is 3. The molecule has 0 fully saturated rings. The van der Waals surface area contributed by atoms with Gasteiger partial charge in [0.1, 0.15) is 16.4 Å². The summed E-state index contributed by atoms with van der Waals surface area (Å²) in [5.74, 6) is 0.553. The standard InChI is InChI=1S/C11H15ClN4O3S2/c1-19-6-2-5-16-8-13-15-10(16)7-14-21(17,18)11-4-3-9(12)20-11/h3-4,8,14H,2,5-7H2,1H3. The van der Waals surface area contributed by atoms with Crippen LogP contribution in [0, 0.1) is 0 Å². The van der Waals surface area contributed by atoms with E-state index in [0.717, 1.165) is 17.8 Å². The fourth-order valence-corrected chi connectivity index (χ4v) is 4.16. The Labute approximate surface area is 132 Å². The number of rotatable bonds is 8. The van der Waals surface area contributed by atoms with E-state index >= 15 is 0 Å². The maximum Gasteiger partial charge on any atom is 0.250 e. The largest absolute Gasteiger partial charge is 0.385 e. The molecule has 0 saturated heterocycles. The Morgan fingerprint density at radius 2 is 2.29 bits per heavy atom. The monoisotopic (exact) mass is 350 g/mol.